The summed E-state index contributed by atoms with van der Waals surface area (Å²) < 4.78 is 60.3. The molecule has 174 valence electrons. The highest BCUT2D eigenvalue weighted by Gasteiger charge is 2.48. The molecule has 0 aromatic heterocycles. The molecule has 0 radical (unpaired) electrons. The number of ether oxygens (including phenoxy) is 1. The van der Waals surface area contributed by atoms with Crippen LogP contribution in [0.3, 0.4) is 0 Å². The third-order valence-electron chi connectivity index (χ3n) is 4.28. The van der Waals surface area contributed by atoms with Gasteiger partial charge in [0.1, 0.15) is 5.75 Å². The molecule has 0 heterocycles. The Balaban J connectivity index is 2.42. The second-order valence-electron chi connectivity index (χ2n) is 6.52. The highest BCUT2D eigenvalue weighted by atomic mass is 35.5. The van der Waals surface area contributed by atoms with Crippen molar-refractivity contribution < 1.29 is 31.9 Å². The van der Waals surface area contributed by atoms with Crippen LogP contribution in [-0.4, -0.2) is 36.9 Å². The van der Waals surface area contributed by atoms with Crippen molar-refractivity contribution in [3.63, 3.8) is 0 Å². The van der Waals surface area contributed by atoms with Gasteiger partial charge in [-0.2, -0.15) is 0 Å². The van der Waals surface area contributed by atoms with Gasteiger partial charge in [-0.1, -0.05) is 11.6 Å². The van der Waals surface area contributed by atoms with Gasteiger partial charge in [0.2, 0.25) is 14.7 Å². The first-order valence-corrected chi connectivity index (χ1v) is 10.7. The van der Waals surface area contributed by atoms with Crippen LogP contribution < -0.4 is 27.4 Å². The normalized spacial score (nSPS) is 13.2. The first-order valence-electron chi connectivity index (χ1n) is 8.88. The van der Waals surface area contributed by atoms with E-state index in [1.807, 2.05) is 0 Å². The van der Waals surface area contributed by atoms with Crippen molar-refractivity contribution in [1.82, 2.24) is 5.48 Å². The Hall–Kier alpha value is -3.00. The Labute approximate surface area is 186 Å². The maximum absolute atomic E-state index is 14.6. The molecule has 0 aliphatic rings. The summed E-state index contributed by atoms with van der Waals surface area (Å²) in [6.45, 7) is -0.0912. The molecule has 0 spiro atoms. The number of nitrogens with zero attached hydrogens (tertiary/aromatic N) is 1. The fraction of sp³-hybridized carbons (Fsp3) is 0.222. The Kier molecular flexibility index (Phi) is 7.96. The molecule has 2 aromatic rings. The van der Waals surface area contributed by atoms with Gasteiger partial charge < -0.3 is 21.9 Å². The number of hydroxylamine groups is 1. The van der Waals surface area contributed by atoms with E-state index in [0.29, 0.717) is 17.2 Å². The molecule has 2 rings (SSSR count). The van der Waals surface area contributed by atoms with E-state index in [4.69, 9.17) is 38.7 Å². The molecule has 1 atom stereocenters. The Morgan fingerprint density at radius 1 is 1.19 bits per heavy atom. The number of hydrogen-bond acceptors (Lipinski definition) is 7. The highest BCUT2D eigenvalue weighted by Crippen LogP contribution is 2.34. The molecule has 32 heavy (non-hydrogen) atoms. The summed E-state index contributed by atoms with van der Waals surface area (Å²) in [4.78, 5) is 12.0. The van der Waals surface area contributed by atoms with Crippen LogP contribution in [0.1, 0.15) is 12.8 Å². The fourth-order valence-corrected chi connectivity index (χ4v) is 4.40. The Bertz CT molecular complexity index is 1100. The monoisotopic (exact) mass is 491 g/mol. The maximum atomic E-state index is 14.6. The van der Waals surface area contributed by atoms with Crippen molar-refractivity contribution in [3.8, 4) is 11.5 Å². The highest BCUT2D eigenvalue weighted by molar-refractivity contribution is 7.93. The minimum Gasteiger partial charge on any atom is -0.451 e. The van der Waals surface area contributed by atoms with Crippen molar-refractivity contribution in [2.24, 2.45) is 22.2 Å². The van der Waals surface area contributed by atoms with E-state index in [-0.39, 0.29) is 24.7 Å². The SMILES string of the molecule is NC(N)=NCCC[C@@](N)(C(=O)NO)S(=O)(=O)c1cc(F)c(Oc2ccc(Cl)cc2)c(F)c1. The number of aliphatic imine (C=N–C) groups is 1. The lowest BCUT2D eigenvalue weighted by Gasteiger charge is -2.27. The number of rotatable bonds is 9. The van der Waals surface area contributed by atoms with E-state index < -0.39 is 49.3 Å². The van der Waals surface area contributed by atoms with E-state index in [9.17, 15) is 22.0 Å². The summed E-state index contributed by atoms with van der Waals surface area (Å²) in [7, 11) is -4.91. The molecule has 10 nitrogen and oxygen atoms in total. The van der Waals surface area contributed by atoms with Gasteiger partial charge in [0, 0.05) is 11.6 Å². The van der Waals surface area contributed by atoms with Crippen LogP contribution in [0.4, 0.5) is 8.78 Å². The van der Waals surface area contributed by atoms with Crippen LogP contribution in [0.5, 0.6) is 11.5 Å². The molecule has 2 aromatic carbocycles. The molecule has 0 aliphatic heterocycles. The van der Waals surface area contributed by atoms with Crippen LogP contribution in [0, 0.1) is 11.6 Å². The number of amides is 1. The molecule has 0 bridgehead atoms. The van der Waals surface area contributed by atoms with Crippen molar-refractivity contribution >= 4 is 33.3 Å². The van der Waals surface area contributed by atoms with Crippen molar-refractivity contribution in [3.05, 3.63) is 53.1 Å². The quantitative estimate of drug-likeness (QED) is 0.114. The van der Waals surface area contributed by atoms with Crippen molar-refractivity contribution in [2.45, 2.75) is 22.6 Å². The van der Waals surface area contributed by atoms with Crippen LogP contribution in [0.25, 0.3) is 0 Å². The number of hydrogen-bond donors (Lipinski definition) is 5. The summed E-state index contributed by atoms with van der Waals surface area (Å²) in [6, 6.07) is 6.43. The summed E-state index contributed by atoms with van der Waals surface area (Å²) in [5, 5.41) is 9.34. The summed E-state index contributed by atoms with van der Waals surface area (Å²) in [5.74, 6) is -5.37. The zero-order chi connectivity index (χ0) is 24.1. The van der Waals surface area contributed by atoms with Gasteiger partial charge >= 0.3 is 0 Å². The van der Waals surface area contributed by atoms with E-state index in [2.05, 4.69) is 4.99 Å². The number of halogens is 3. The van der Waals surface area contributed by atoms with Gasteiger partial charge in [-0.25, -0.2) is 22.7 Å². The number of benzene rings is 2. The van der Waals surface area contributed by atoms with Crippen LogP contribution >= 0.6 is 11.6 Å². The summed E-state index contributed by atoms with van der Waals surface area (Å²) >= 11 is 5.74. The Morgan fingerprint density at radius 3 is 2.25 bits per heavy atom. The van der Waals surface area contributed by atoms with Gasteiger partial charge in [-0.3, -0.25) is 15.0 Å². The van der Waals surface area contributed by atoms with Crippen molar-refractivity contribution in [2.75, 3.05) is 6.54 Å². The number of sulfone groups is 1. The van der Waals surface area contributed by atoms with Crippen LogP contribution in [0.15, 0.2) is 46.3 Å². The number of carbonyl (C=O) groups is 1. The number of carbonyl (C=O) groups excluding carboxylic acids is 1. The number of guanidine groups is 1. The fourth-order valence-electron chi connectivity index (χ4n) is 2.63. The average Bonchev–Trinajstić information content (AvgIpc) is 2.73. The predicted octanol–water partition coefficient (Wildman–Crippen LogP) is 1.40. The van der Waals surface area contributed by atoms with Gasteiger partial charge in [-0.05, 0) is 49.2 Å². The largest absolute Gasteiger partial charge is 0.451 e. The van der Waals surface area contributed by atoms with E-state index in [0.717, 1.165) is 5.48 Å². The smallest absolute Gasteiger partial charge is 0.279 e. The zero-order valence-corrected chi connectivity index (χ0v) is 18.0. The topological polar surface area (TPSA) is 183 Å². The first-order chi connectivity index (χ1) is 14.9. The molecule has 1 amide bonds. The molecule has 0 saturated carbocycles. The van der Waals surface area contributed by atoms with E-state index in [1.54, 1.807) is 0 Å². The first kappa shape index (κ1) is 25.3. The average molecular weight is 492 g/mol. The van der Waals surface area contributed by atoms with Gasteiger partial charge in [0.05, 0.1) is 4.90 Å². The minimum atomic E-state index is -4.91. The zero-order valence-electron chi connectivity index (χ0n) is 16.4. The molecule has 0 aliphatic carbocycles. The van der Waals surface area contributed by atoms with Gasteiger partial charge in [0.25, 0.3) is 5.91 Å². The standard InChI is InChI=1S/C18H20ClF2N5O5S/c19-10-2-4-11(5-3-10)31-15-13(20)8-12(9-14(15)21)32(29,30)18(24,16(27)26-28)6-1-7-25-17(22)23/h2-5,8-9,28H,1,6-7,24H2,(H,26,27)(H4,22,23,25)/t18-/m0/s1. The number of nitrogens with two attached hydrogens (primary N) is 3. The van der Waals surface area contributed by atoms with Crippen LogP contribution in [-0.2, 0) is 14.6 Å². The maximum Gasteiger partial charge on any atom is 0.279 e. The lowest BCUT2D eigenvalue weighted by molar-refractivity contribution is -0.132. The molecule has 8 N–H and O–H groups in total. The summed E-state index contributed by atoms with van der Waals surface area (Å²) in [5.41, 5.74) is 17.3. The third kappa shape index (κ3) is 5.43. The van der Waals surface area contributed by atoms with Gasteiger partial charge in [0.15, 0.2) is 23.3 Å². The second-order valence-corrected chi connectivity index (χ2v) is 9.16. The predicted molar refractivity (Wildman–Crippen MR) is 112 cm³/mol. The Morgan fingerprint density at radius 2 is 1.75 bits per heavy atom. The lowest BCUT2D eigenvalue weighted by atomic mass is 10.1. The molecule has 0 unspecified atom stereocenters. The molecule has 14 heteroatoms. The van der Waals surface area contributed by atoms with E-state index in [1.165, 1.54) is 24.3 Å². The lowest BCUT2D eigenvalue weighted by Crippen LogP contribution is -2.58. The third-order valence-corrected chi connectivity index (χ3v) is 6.74. The number of nitrogens with one attached hydrogen (secondary N) is 1. The molecular weight excluding hydrogens is 472 g/mol. The second kappa shape index (κ2) is 10.1. The molecular formula is C18H20ClF2N5O5S. The molecule has 0 fully saturated rings. The summed E-state index contributed by atoms with van der Waals surface area (Å²) in [6.07, 6.45) is -0.686. The van der Waals surface area contributed by atoms with Gasteiger partial charge in [-0.15, -0.1) is 0 Å². The van der Waals surface area contributed by atoms with Crippen molar-refractivity contribution in [1.29, 1.82) is 0 Å². The molecule has 0 saturated heterocycles. The minimum absolute atomic E-state index is 0.0374. The van der Waals surface area contributed by atoms with Crippen LogP contribution in [0.2, 0.25) is 5.02 Å². The van der Waals surface area contributed by atoms with E-state index >= 15 is 0 Å².